The van der Waals surface area contributed by atoms with Crippen molar-refractivity contribution in [1.82, 2.24) is 0 Å². The van der Waals surface area contributed by atoms with Gasteiger partial charge in [-0.15, -0.1) is 0 Å². The van der Waals surface area contributed by atoms with Crippen LogP contribution in [0.5, 0.6) is 11.5 Å². The van der Waals surface area contributed by atoms with E-state index in [1.54, 1.807) is 18.2 Å². The van der Waals surface area contributed by atoms with E-state index in [2.05, 4.69) is 9.99 Å². The quantitative estimate of drug-likeness (QED) is 0.341. The highest BCUT2D eigenvalue weighted by atomic mass is 35.5. The highest BCUT2D eigenvalue weighted by Gasteiger charge is 2.13. The summed E-state index contributed by atoms with van der Waals surface area (Å²) >= 11 is 6.12. The Labute approximate surface area is 145 Å². The van der Waals surface area contributed by atoms with E-state index in [0.717, 1.165) is 5.56 Å². The van der Waals surface area contributed by atoms with Gasteiger partial charge in [-0.1, -0.05) is 41.0 Å². The summed E-state index contributed by atoms with van der Waals surface area (Å²) in [4.78, 5) is 16.5. The second-order valence-corrected chi connectivity index (χ2v) is 5.49. The number of esters is 1. The molecule has 0 amide bonds. The summed E-state index contributed by atoms with van der Waals surface area (Å²) in [6.07, 6.45) is 0. The number of halogens is 1. The van der Waals surface area contributed by atoms with Crippen molar-refractivity contribution in [2.45, 2.75) is 20.5 Å². The topological polar surface area (TPSA) is 57.1 Å². The number of hydrogen-bond acceptors (Lipinski definition) is 5. The number of carbonyl (C=O) groups is 1. The summed E-state index contributed by atoms with van der Waals surface area (Å²) < 4.78 is 11.1. The zero-order valence-corrected chi connectivity index (χ0v) is 14.5. The molecule has 2 aromatic carbocycles. The van der Waals surface area contributed by atoms with E-state index < -0.39 is 5.97 Å². The van der Waals surface area contributed by atoms with Crippen molar-refractivity contribution in [3.63, 3.8) is 0 Å². The molecule has 0 atom stereocenters. The van der Waals surface area contributed by atoms with Crippen LogP contribution in [0.2, 0.25) is 5.02 Å². The van der Waals surface area contributed by atoms with Gasteiger partial charge in [0.1, 0.15) is 25.2 Å². The standard InChI is InChI=1S/C18H18ClNO4/c1-12-8-9-15(19)17(10-12)23-11-14-6-4-5-7-16(14)24-18(21)13(2)20-22-3/h4-10H,11H2,1-3H3. The van der Waals surface area contributed by atoms with E-state index in [-0.39, 0.29) is 12.3 Å². The molecule has 0 fully saturated rings. The molecular formula is C18H18ClNO4. The van der Waals surface area contributed by atoms with E-state index in [4.69, 9.17) is 21.1 Å². The molecule has 0 aliphatic carbocycles. The molecule has 0 spiro atoms. The van der Waals surface area contributed by atoms with Crippen LogP contribution in [0, 0.1) is 6.92 Å². The third-order valence-electron chi connectivity index (χ3n) is 3.17. The molecule has 6 heteroatoms. The SMILES string of the molecule is CON=C(C)C(=O)Oc1ccccc1COc1cc(C)ccc1Cl. The molecule has 24 heavy (non-hydrogen) atoms. The van der Waals surface area contributed by atoms with Crippen molar-refractivity contribution in [3.05, 3.63) is 58.6 Å². The third kappa shape index (κ3) is 4.73. The molecule has 0 saturated heterocycles. The van der Waals surface area contributed by atoms with Gasteiger partial charge in [-0.3, -0.25) is 0 Å². The summed E-state index contributed by atoms with van der Waals surface area (Å²) in [6, 6.07) is 12.7. The maximum Gasteiger partial charge on any atom is 0.361 e. The molecule has 2 aromatic rings. The van der Waals surface area contributed by atoms with E-state index in [0.29, 0.717) is 22.1 Å². The number of para-hydroxylation sites is 1. The Balaban J connectivity index is 2.13. The highest BCUT2D eigenvalue weighted by Crippen LogP contribution is 2.27. The highest BCUT2D eigenvalue weighted by molar-refractivity contribution is 6.35. The molecule has 5 nitrogen and oxygen atoms in total. The van der Waals surface area contributed by atoms with E-state index in [1.807, 2.05) is 31.2 Å². The van der Waals surface area contributed by atoms with Crippen LogP contribution in [-0.2, 0) is 16.2 Å². The van der Waals surface area contributed by atoms with Crippen molar-refractivity contribution in [2.24, 2.45) is 5.16 Å². The molecule has 0 aliphatic heterocycles. The van der Waals surface area contributed by atoms with Gasteiger partial charge >= 0.3 is 5.97 Å². The molecule has 2 rings (SSSR count). The van der Waals surface area contributed by atoms with Crippen molar-refractivity contribution in [3.8, 4) is 11.5 Å². The van der Waals surface area contributed by atoms with Gasteiger partial charge in [0, 0.05) is 5.56 Å². The predicted octanol–water partition coefficient (Wildman–Crippen LogP) is 4.16. The van der Waals surface area contributed by atoms with Gasteiger partial charge in [-0.2, -0.15) is 0 Å². The first-order valence-corrected chi connectivity index (χ1v) is 7.66. The lowest BCUT2D eigenvalue weighted by molar-refractivity contribution is -0.127. The minimum atomic E-state index is -0.585. The number of oxime groups is 1. The molecule has 0 bridgehead atoms. The van der Waals surface area contributed by atoms with Gasteiger partial charge in [0.2, 0.25) is 0 Å². The first-order chi connectivity index (χ1) is 11.5. The number of benzene rings is 2. The van der Waals surface area contributed by atoms with Gasteiger partial charge < -0.3 is 14.3 Å². The zero-order chi connectivity index (χ0) is 17.5. The molecule has 0 unspecified atom stereocenters. The molecule has 0 N–H and O–H groups in total. The van der Waals surface area contributed by atoms with Crippen LogP contribution in [0.4, 0.5) is 0 Å². The van der Waals surface area contributed by atoms with Gasteiger partial charge in [-0.25, -0.2) is 4.79 Å². The van der Waals surface area contributed by atoms with Crippen molar-refractivity contribution in [2.75, 3.05) is 7.11 Å². The summed E-state index contributed by atoms with van der Waals surface area (Å²) in [5.74, 6) is 0.393. The molecule has 0 aliphatic rings. The number of rotatable bonds is 6. The van der Waals surface area contributed by atoms with Crippen LogP contribution in [0.15, 0.2) is 47.6 Å². The fourth-order valence-corrected chi connectivity index (χ4v) is 2.12. The molecule has 0 saturated carbocycles. The lowest BCUT2D eigenvalue weighted by Crippen LogP contribution is -2.18. The first-order valence-electron chi connectivity index (χ1n) is 7.28. The third-order valence-corrected chi connectivity index (χ3v) is 3.48. The lowest BCUT2D eigenvalue weighted by Gasteiger charge is -2.12. The summed E-state index contributed by atoms with van der Waals surface area (Å²) in [6.45, 7) is 3.68. The predicted molar refractivity (Wildman–Crippen MR) is 92.7 cm³/mol. The first kappa shape index (κ1) is 17.8. The van der Waals surface area contributed by atoms with Gasteiger partial charge in [0.05, 0.1) is 5.02 Å². The smallest absolute Gasteiger partial charge is 0.361 e. The Kier molecular flexibility index (Phi) is 6.21. The second-order valence-electron chi connectivity index (χ2n) is 5.08. The Morgan fingerprint density at radius 2 is 1.92 bits per heavy atom. The number of hydrogen-bond donors (Lipinski definition) is 0. The van der Waals surface area contributed by atoms with E-state index in [9.17, 15) is 4.79 Å². The van der Waals surface area contributed by atoms with Gasteiger partial charge in [0.25, 0.3) is 0 Å². The summed E-state index contributed by atoms with van der Waals surface area (Å²) in [7, 11) is 1.37. The zero-order valence-electron chi connectivity index (χ0n) is 13.7. The Morgan fingerprint density at radius 1 is 1.17 bits per heavy atom. The number of aryl methyl sites for hydroxylation is 1. The van der Waals surface area contributed by atoms with Crippen molar-refractivity contribution >= 4 is 23.3 Å². The monoisotopic (exact) mass is 347 g/mol. The number of nitrogens with zero attached hydrogens (tertiary/aromatic N) is 1. The fourth-order valence-electron chi connectivity index (χ4n) is 1.95. The van der Waals surface area contributed by atoms with Gasteiger partial charge in [-0.05, 0) is 37.6 Å². The maximum atomic E-state index is 11.9. The molecule has 126 valence electrons. The number of carbonyl (C=O) groups excluding carboxylic acids is 1. The average Bonchev–Trinajstić information content (AvgIpc) is 2.57. The van der Waals surface area contributed by atoms with Crippen LogP contribution in [0.1, 0.15) is 18.1 Å². The molecular weight excluding hydrogens is 330 g/mol. The van der Waals surface area contributed by atoms with Crippen LogP contribution < -0.4 is 9.47 Å². The van der Waals surface area contributed by atoms with Crippen LogP contribution in [0.3, 0.4) is 0 Å². The average molecular weight is 348 g/mol. The van der Waals surface area contributed by atoms with Crippen molar-refractivity contribution < 1.29 is 19.1 Å². The van der Waals surface area contributed by atoms with Crippen LogP contribution >= 0.6 is 11.6 Å². The van der Waals surface area contributed by atoms with E-state index >= 15 is 0 Å². The lowest BCUT2D eigenvalue weighted by atomic mass is 10.2. The minimum absolute atomic E-state index is 0.120. The Bertz CT molecular complexity index is 758. The summed E-state index contributed by atoms with van der Waals surface area (Å²) in [5.41, 5.74) is 1.88. The molecule has 0 radical (unpaired) electrons. The normalized spacial score (nSPS) is 11.1. The van der Waals surface area contributed by atoms with Crippen molar-refractivity contribution in [1.29, 1.82) is 0 Å². The fraction of sp³-hybridized carbons (Fsp3) is 0.222. The van der Waals surface area contributed by atoms with Gasteiger partial charge in [0.15, 0.2) is 5.71 Å². The van der Waals surface area contributed by atoms with Crippen LogP contribution in [-0.4, -0.2) is 18.8 Å². The summed E-state index contributed by atoms with van der Waals surface area (Å²) in [5, 5.41) is 4.08. The number of ether oxygens (including phenoxy) is 2. The second kappa shape index (κ2) is 8.36. The largest absolute Gasteiger partial charge is 0.487 e. The minimum Gasteiger partial charge on any atom is -0.487 e. The van der Waals surface area contributed by atoms with E-state index in [1.165, 1.54) is 14.0 Å². The maximum absolute atomic E-state index is 11.9. The Hall–Kier alpha value is -2.53. The van der Waals surface area contributed by atoms with Crippen LogP contribution in [0.25, 0.3) is 0 Å². The molecule has 0 heterocycles. The molecule has 0 aromatic heterocycles. The Morgan fingerprint density at radius 3 is 2.67 bits per heavy atom.